The van der Waals surface area contributed by atoms with Gasteiger partial charge in [-0.1, -0.05) is 15.9 Å². The van der Waals surface area contributed by atoms with Crippen molar-refractivity contribution in [2.75, 3.05) is 6.54 Å². The highest BCUT2D eigenvalue weighted by Gasteiger charge is 2.13. The Morgan fingerprint density at radius 3 is 2.75 bits per heavy atom. The van der Waals surface area contributed by atoms with Gasteiger partial charge in [-0.25, -0.2) is 0 Å². The zero-order valence-corrected chi connectivity index (χ0v) is 13.5. The average Bonchev–Trinajstić information content (AvgIpc) is 2.94. The number of carbonyl (C=O) groups is 1. The third-order valence-corrected chi connectivity index (χ3v) is 4.05. The maximum absolute atomic E-state index is 11.9. The minimum atomic E-state index is -0.501. The van der Waals surface area contributed by atoms with Gasteiger partial charge in [0.2, 0.25) is 0 Å². The van der Waals surface area contributed by atoms with Crippen molar-refractivity contribution in [3.63, 3.8) is 0 Å². The standard InChI is InChI=1S/C15H16BrNO2S/c1-11(19-14-4-2-13(16)3-5-14)15(18)17-8-6-12-7-9-20-10-12/h2-5,7,9-11H,6,8H2,1H3,(H,17,18). The van der Waals surface area contributed by atoms with E-state index in [1.165, 1.54) is 5.56 Å². The molecule has 1 amide bonds. The highest BCUT2D eigenvalue weighted by Crippen LogP contribution is 2.17. The van der Waals surface area contributed by atoms with Gasteiger partial charge in [0.25, 0.3) is 5.91 Å². The van der Waals surface area contributed by atoms with Gasteiger partial charge >= 0.3 is 0 Å². The van der Waals surface area contributed by atoms with E-state index < -0.39 is 6.10 Å². The lowest BCUT2D eigenvalue weighted by molar-refractivity contribution is -0.127. The average molecular weight is 354 g/mol. The number of carbonyl (C=O) groups excluding carboxylic acids is 1. The number of hydrogen-bond acceptors (Lipinski definition) is 3. The summed E-state index contributed by atoms with van der Waals surface area (Å²) in [5, 5.41) is 7.01. The van der Waals surface area contributed by atoms with Crippen LogP contribution in [0, 0.1) is 0 Å². The summed E-state index contributed by atoms with van der Waals surface area (Å²) in [6, 6.07) is 9.50. The van der Waals surface area contributed by atoms with Crippen LogP contribution in [0.25, 0.3) is 0 Å². The van der Waals surface area contributed by atoms with Crippen molar-refractivity contribution in [2.45, 2.75) is 19.4 Å². The molecule has 2 rings (SSSR count). The molecular formula is C15H16BrNO2S. The number of rotatable bonds is 6. The molecule has 0 bridgehead atoms. The first-order chi connectivity index (χ1) is 9.65. The van der Waals surface area contributed by atoms with E-state index in [9.17, 15) is 4.79 Å². The number of halogens is 1. The maximum atomic E-state index is 11.9. The molecule has 0 fully saturated rings. The molecule has 0 spiro atoms. The summed E-state index contributed by atoms with van der Waals surface area (Å²) in [7, 11) is 0. The Labute approximate surface area is 131 Å². The summed E-state index contributed by atoms with van der Waals surface area (Å²) >= 11 is 5.03. The molecular weight excluding hydrogens is 338 g/mol. The van der Waals surface area contributed by atoms with E-state index in [1.54, 1.807) is 18.3 Å². The van der Waals surface area contributed by atoms with Crippen molar-refractivity contribution in [2.24, 2.45) is 0 Å². The first kappa shape index (κ1) is 15.1. The van der Waals surface area contributed by atoms with Crippen LogP contribution in [0.3, 0.4) is 0 Å². The molecule has 0 saturated carbocycles. The SMILES string of the molecule is CC(Oc1ccc(Br)cc1)C(=O)NCCc1ccsc1. The van der Waals surface area contributed by atoms with Gasteiger partial charge in [0.15, 0.2) is 6.10 Å². The van der Waals surface area contributed by atoms with Crippen molar-refractivity contribution in [1.82, 2.24) is 5.32 Å². The molecule has 0 radical (unpaired) electrons. The van der Waals surface area contributed by atoms with Crippen LogP contribution in [0.2, 0.25) is 0 Å². The van der Waals surface area contributed by atoms with Crippen LogP contribution >= 0.6 is 27.3 Å². The predicted octanol–water partition coefficient (Wildman–Crippen LogP) is 3.64. The van der Waals surface area contributed by atoms with Gasteiger partial charge in [0, 0.05) is 11.0 Å². The predicted molar refractivity (Wildman–Crippen MR) is 85.3 cm³/mol. The molecule has 0 aliphatic carbocycles. The zero-order chi connectivity index (χ0) is 14.4. The summed E-state index contributed by atoms with van der Waals surface area (Å²) in [5.74, 6) is 0.594. The number of hydrogen-bond donors (Lipinski definition) is 1. The highest BCUT2D eigenvalue weighted by molar-refractivity contribution is 9.10. The fourth-order valence-corrected chi connectivity index (χ4v) is 2.65. The van der Waals surface area contributed by atoms with Crippen LogP contribution in [-0.2, 0) is 11.2 Å². The molecule has 0 aliphatic heterocycles. The summed E-state index contributed by atoms with van der Waals surface area (Å²) < 4.78 is 6.57. The molecule has 5 heteroatoms. The van der Waals surface area contributed by atoms with Crippen LogP contribution in [-0.4, -0.2) is 18.6 Å². The van der Waals surface area contributed by atoms with E-state index >= 15 is 0 Å². The van der Waals surface area contributed by atoms with Crippen LogP contribution in [0.1, 0.15) is 12.5 Å². The summed E-state index contributed by atoms with van der Waals surface area (Å²) in [6.45, 7) is 2.38. The van der Waals surface area contributed by atoms with E-state index in [2.05, 4.69) is 32.7 Å². The smallest absolute Gasteiger partial charge is 0.260 e. The Bertz CT molecular complexity index is 540. The normalized spacial score (nSPS) is 11.9. The Balaban J connectivity index is 1.75. The van der Waals surface area contributed by atoms with Crippen molar-refractivity contribution in [1.29, 1.82) is 0 Å². The number of amides is 1. The summed E-state index contributed by atoms with van der Waals surface area (Å²) in [5.41, 5.74) is 1.25. The van der Waals surface area contributed by atoms with Crippen molar-refractivity contribution in [3.8, 4) is 5.75 Å². The van der Waals surface area contributed by atoms with E-state index in [4.69, 9.17) is 4.74 Å². The third kappa shape index (κ3) is 4.65. The Kier molecular flexibility index (Phi) is 5.61. The van der Waals surface area contributed by atoms with E-state index in [1.807, 2.05) is 29.6 Å². The second kappa shape index (κ2) is 7.45. The van der Waals surface area contributed by atoms with Crippen LogP contribution in [0.5, 0.6) is 5.75 Å². The maximum Gasteiger partial charge on any atom is 0.260 e. The Morgan fingerprint density at radius 1 is 1.35 bits per heavy atom. The highest BCUT2D eigenvalue weighted by atomic mass is 79.9. The quantitative estimate of drug-likeness (QED) is 0.860. The van der Waals surface area contributed by atoms with Gasteiger partial charge in [-0.3, -0.25) is 4.79 Å². The summed E-state index contributed by atoms with van der Waals surface area (Å²) in [6.07, 6.45) is 0.346. The molecule has 20 heavy (non-hydrogen) atoms. The third-order valence-electron chi connectivity index (χ3n) is 2.79. The molecule has 3 nitrogen and oxygen atoms in total. The topological polar surface area (TPSA) is 38.3 Å². The largest absolute Gasteiger partial charge is 0.481 e. The molecule has 1 N–H and O–H groups in total. The van der Waals surface area contributed by atoms with Crippen molar-refractivity contribution < 1.29 is 9.53 Å². The number of thiophene rings is 1. The minimum absolute atomic E-state index is 0.0943. The molecule has 1 unspecified atom stereocenters. The lowest BCUT2D eigenvalue weighted by Gasteiger charge is -2.14. The van der Waals surface area contributed by atoms with Crippen LogP contribution in [0.4, 0.5) is 0 Å². The number of nitrogens with one attached hydrogen (secondary N) is 1. The van der Waals surface area contributed by atoms with Gasteiger partial charge < -0.3 is 10.1 Å². The molecule has 2 aromatic rings. The lowest BCUT2D eigenvalue weighted by Crippen LogP contribution is -2.37. The molecule has 0 aliphatic rings. The monoisotopic (exact) mass is 353 g/mol. The van der Waals surface area contributed by atoms with E-state index in [-0.39, 0.29) is 5.91 Å². The van der Waals surface area contributed by atoms with Crippen LogP contribution < -0.4 is 10.1 Å². The molecule has 0 saturated heterocycles. The molecule has 106 valence electrons. The van der Waals surface area contributed by atoms with Gasteiger partial charge in [0.05, 0.1) is 0 Å². The van der Waals surface area contributed by atoms with Gasteiger partial charge in [-0.2, -0.15) is 11.3 Å². The van der Waals surface area contributed by atoms with Gasteiger partial charge in [0.1, 0.15) is 5.75 Å². The Morgan fingerprint density at radius 2 is 2.10 bits per heavy atom. The van der Waals surface area contributed by atoms with Gasteiger partial charge in [-0.05, 0) is 60.0 Å². The fraction of sp³-hybridized carbons (Fsp3) is 0.267. The van der Waals surface area contributed by atoms with Crippen LogP contribution in [0.15, 0.2) is 45.6 Å². The fourth-order valence-electron chi connectivity index (χ4n) is 1.68. The second-order valence-corrected chi connectivity index (χ2v) is 6.08. The summed E-state index contributed by atoms with van der Waals surface area (Å²) in [4.78, 5) is 11.9. The van der Waals surface area contributed by atoms with E-state index in [0.29, 0.717) is 12.3 Å². The molecule has 1 atom stereocenters. The van der Waals surface area contributed by atoms with Crippen molar-refractivity contribution in [3.05, 3.63) is 51.1 Å². The number of benzene rings is 1. The number of ether oxygens (including phenoxy) is 1. The second-order valence-electron chi connectivity index (χ2n) is 4.39. The first-order valence-corrected chi connectivity index (χ1v) is 8.10. The lowest BCUT2D eigenvalue weighted by atomic mass is 10.2. The van der Waals surface area contributed by atoms with Gasteiger partial charge in [-0.15, -0.1) is 0 Å². The Hall–Kier alpha value is -1.33. The molecule has 1 aromatic heterocycles. The first-order valence-electron chi connectivity index (χ1n) is 6.36. The molecule has 1 aromatic carbocycles. The van der Waals surface area contributed by atoms with E-state index in [0.717, 1.165) is 10.9 Å². The minimum Gasteiger partial charge on any atom is -0.481 e. The van der Waals surface area contributed by atoms with Crippen molar-refractivity contribution >= 4 is 33.2 Å². The zero-order valence-electron chi connectivity index (χ0n) is 11.1. The molecule has 1 heterocycles.